The number of phenolic OH excluding ortho intramolecular Hbond substituents is 1. The Morgan fingerprint density at radius 2 is 1.74 bits per heavy atom. The second-order valence-electron chi connectivity index (χ2n) is 10.9. The predicted molar refractivity (Wildman–Crippen MR) is 153 cm³/mol. The Labute approximate surface area is 239 Å². The zero-order chi connectivity index (χ0) is 27.4. The van der Waals surface area contributed by atoms with E-state index >= 15 is 0 Å². The van der Waals surface area contributed by atoms with Crippen molar-refractivity contribution in [3.8, 4) is 11.8 Å². The van der Waals surface area contributed by atoms with Gasteiger partial charge in [-0.25, -0.2) is 4.79 Å². The maximum Gasteiger partial charge on any atom is 0.340 e. The van der Waals surface area contributed by atoms with Gasteiger partial charge in [0, 0.05) is 75.0 Å². The quantitative estimate of drug-likeness (QED) is 0.354. The van der Waals surface area contributed by atoms with Gasteiger partial charge in [-0.15, -0.1) is 0 Å². The number of carbonyl (C=O) groups excluding carboxylic acids is 1. The molecule has 0 amide bonds. The van der Waals surface area contributed by atoms with Crippen LogP contribution in [0.25, 0.3) is 10.9 Å². The summed E-state index contributed by atoms with van der Waals surface area (Å²) in [5, 5.41) is 21.3. The van der Waals surface area contributed by atoms with Crippen LogP contribution in [0, 0.1) is 11.3 Å². The molecule has 1 N–H and O–H groups in total. The minimum absolute atomic E-state index is 0.192. The highest BCUT2D eigenvalue weighted by Crippen LogP contribution is 2.44. The molecule has 1 aromatic carbocycles. The smallest absolute Gasteiger partial charge is 0.340 e. The lowest BCUT2D eigenvalue weighted by atomic mass is 9.95. The van der Waals surface area contributed by atoms with Gasteiger partial charge in [-0.2, -0.15) is 5.26 Å². The van der Waals surface area contributed by atoms with E-state index in [1.807, 2.05) is 13.0 Å². The average molecular weight is 603 g/mol. The molecule has 2 saturated heterocycles. The second-order valence-corrected chi connectivity index (χ2v) is 11.7. The number of aromatic hydroxyl groups is 1. The highest BCUT2D eigenvalue weighted by molar-refractivity contribution is 9.10. The summed E-state index contributed by atoms with van der Waals surface area (Å²) in [5.74, 6) is -0.128. The number of ether oxygens (including phenoxy) is 2. The van der Waals surface area contributed by atoms with Crippen LogP contribution in [0.4, 0.5) is 0 Å². The van der Waals surface area contributed by atoms with Crippen molar-refractivity contribution >= 4 is 32.8 Å². The molecular weight excluding hydrogens is 562 g/mol. The normalized spacial score (nSPS) is 20.3. The number of morpholine rings is 1. The molecule has 2 aliphatic heterocycles. The molecule has 0 unspecified atom stereocenters. The van der Waals surface area contributed by atoms with E-state index in [0.29, 0.717) is 55.5 Å². The first-order chi connectivity index (χ1) is 19.0. The van der Waals surface area contributed by atoms with Gasteiger partial charge in [-0.3, -0.25) is 14.7 Å². The standard InChI is InChI=1S/C29H40BrN5O4/c1-2-39-29(37)27-25(20-33-12-10-32(9-8-31)11-13-33)35(21-6-4-3-5-7-21)24-18-23(30)28(36)22(26(24)27)19-34-14-16-38-17-15-34/h18,21,36H,2-7,9-17,19-20H2,1H3. The Bertz CT molecular complexity index is 1200. The monoisotopic (exact) mass is 601 g/mol. The molecule has 5 rings (SSSR count). The van der Waals surface area contributed by atoms with Gasteiger partial charge >= 0.3 is 5.97 Å². The van der Waals surface area contributed by atoms with Crippen molar-refractivity contribution in [3.05, 3.63) is 27.4 Å². The Hall–Kier alpha value is -2.16. The molecule has 212 valence electrons. The maximum absolute atomic E-state index is 13.8. The zero-order valence-corrected chi connectivity index (χ0v) is 24.5. The third kappa shape index (κ3) is 6.13. The molecular formula is C29H40BrN5O4. The van der Waals surface area contributed by atoms with Crippen molar-refractivity contribution in [2.24, 2.45) is 0 Å². The maximum atomic E-state index is 13.8. The van der Waals surface area contributed by atoms with Gasteiger partial charge in [0.1, 0.15) is 5.75 Å². The molecule has 39 heavy (non-hydrogen) atoms. The number of esters is 1. The molecule has 0 radical (unpaired) electrons. The van der Waals surface area contributed by atoms with E-state index in [1.54, 1.807) is 0 Å². The number of aromatic nitrogens is 1. The number of hydrogen-bond donors (Lipinski definition) is 1. The number of phenols is 1. The van der Waals surface area contributed by atoms with E-state index in [1.165, 1.54) is 19.3 Å². The average Bonchev–Trinajstić information content (AvgIpc) is 3.26. The van der Waals surface area contributed by atoms with E-state index in [0.717, 1.165) is 74.3 Å². The molecule has 9 nitrogen and oxygen atoms in total. The van der Waals surface area contributed by atoms with E-state index < -0.39 is 0 Å². The van der Waals surface area contributed by atoms with Gasteiger partial charge in [0.15, 0.2) is 0 Å². The van der Waals surface area contributed by atoms with Gasteiger partial charge in [0.2, 0.25) is 0 Å². The molecule has 0 bridgehead atoms. The van der Waals surface area contributed by atoms with Crippen LogP contribution in [-0.4, -0.2) is 96.0 Å². The number of fused-ring (bicyclic) bond motifs is 1. The lowest BCUT2D eigenvalue weighted by molar-refractivity contribution is 0.0340. The number of rotatable bonds is 8. The van der Waals surface area contributed by atoms with Crippen molar-refractivity contribution in [3.63, 3.8) is 0 Å². The third-order valence-electron chi connectivity index (χ3n) is 8.46. The number of piperazine rings is 1. The molecule has 3 fully saturated rings. The molecule has 0 spiro atoms. The molecule has 1 saturated carbocycles. The molecule has 2 aromatic rings. The van der Waals surface area contributed by atoms with E-state index in [2.05, 4.69) is 41.3 Å². The summed E-state index contributed by atoms with van der Waals surface area (Å²) in [6.45, 7) is 9.99. The third-order valence-corrected chi connectivity index (χ3v) is 9.06. The van der Waals surface area contributed by atoms with Gasteiger partial charge < -0.3 is 19.1 Å². The fourth-order valence-electron chi connectivity index (χ4n) is 6.45. The minimum Gasteiger partial charge on any atom is -0.506 e. The number of benzene rings is 1. The van der Waals surface area contributed by atoms with Gasteiger partial charge in [-0.1, -0.05) is 19.3 Å². The largest absolute Gasteiger partial charge is 0.506 e. The Kier molecular flexibility index (Phi) is 9.46. The summed E-state index contributed by atoms with van der Waals surface area (Å²) in [6.07, 6.45) is 5.73. The Morgan fingerprint density at radius 1 is 1.08 bits per heavy atom. The van der Waals surface area contributed by atoms with Crippen LogP contribution in [0.15, 0.2) is 10.5 Å². The van der Waals surface area contributed by atoms with E-state index in [4.69, 9.17) is 14.7 Å². The van der Waals surface area contributed by atoms with Crippen molar-refractivity contribution < 1.29 is 19.4 Å². The first-order valence-electron chi connectivity index (χ1n) is 14.4. The molecule has 3 heterocycles. The first-order valence-corrected chi connectivity index (χ1v) is 15.2. The number of hydrogen-bond acceptors (Lipinski definition) is 8. The van der Waals surface area contributed by atoms with Crippen LogP contribution in [0.3, 0.4) is 0 Å². The van der Waals surface area contributed by atoms with Crippen molar-refractivity contribution in [2.75, 3.05) is 65.6 Å². The van der Waals surface area contributed by atoms with Gasteiger partial charge in [0.25, 0.3) is 0 Å². The number of nitriles is 1. The summed E-state index contributed by atoms with van der Waals surface area (Å²) in [6, 6.07) is 4.56. The SMILES string of the molecule is CCOC(=O)c1c(CN2CCN(CC#N)CC2)n(C2CCCCC2)c2cc(Br)c(O)c(CN3CCOCC3)c12. The van der Waals surface area contributed by atoms with Crippen molar-refractivity contribution in [2.45, 2.75) is 58.2 Å². The number of carbonyl (C=O) groups is 1. The highest BCUT2D eigenvalue weighted by Gasteiger charge is 2.33. The molecule has 1 aliphatic carbocycles. The van der Waals surface area contributed by atoms with Crippen LogP contribution in [0.2, 0.25) is 0 Å². The van der Waals surface area contributed by atoms with Crippen molar-refractivity contribution in [1.82, 2.24) is 19.3 Å². The Balaban J connectivity index is 1.66. The lowest BCUT2D eigenvalue weighted by Crippen LogP contribution is -2.46. The molecule has 0 atom stereocenters. The summed E-state index contributed by atoms with van der Waals surface area (Å²) in [5.41, 5.74) is 3.36. The van der Waals surface area contributed by atoms with Crippen LogP contribution in [0.5, 0.6) is 5.75 Å². The number of halogens is 1. The molecule has 10 heteroatoms. The summed E-state index contributed by atoms with van der Waals surface area (Å²) in [7, 11) is 0. The fourth-order valence-corrected chi connectivity index (χ4v) is 6.90. The Morgan fingerprint density at radius 3 is 2.41 bits per heavy atom. The van der Waals surface area contributed by atoms with Crippen LogP contribution in [-0.2, 0) is 22.6 Å². The van der Waals surface area contributed by atoms with Gasteiger partial charge in [-0.05, 0) is 41.8 Å². The van der Waals surface area contributed by atoms with Crippen molar-refractivity contribution in [1.29, 1.82) is 5.26 Å². The topological polar surface area (TPSA) is 94.2 Å². The molecule has 3 aliphatic rings. The summed E-state index contributed by atoms with van der Waals surface area (Å²) < 4.78 is 14.3. The molecule has 1 aromatic heterocycles. The van der Waals surface area contributed by atoms with E-state index in [-0.39, 0.29) is 11.7 Å². The first kappa shape index (κ1) is 28.4. The zero-order valence-electron chi connectivity index (χ0n) is 23.0. The number of nitrogens with zero attached hydrogens (tertiary/aromatic N) is 5. The second kappa shape index (κ2) is 13.0. The minimum atomic E-state index is -0.319. The lowest BCUT2D eigenvalue weighted by Gasteiger charge is -2.34. The van der Waals surface area contributed by atoms with Crippen LogP contribution in [0.1, 0.15) is 66.7 Å². The van der Waals surface area contributed by atoms with Crippen LogP contribution < -0.4 is 0 Å². The van der Waals surface area contributed by atoms with Crippen LogP contribution >= 0.6 is 15.9 Å². The summed E-state index contributed by atoms with van der Waals surface area (Å²) >= 11 is 3.65. The summed E-state index contributed by atoms with van der Waals surface area (Å²) in [4.78, 5) is 20.6. The fraction of sp³-hybridized carbons (Fsp3) is 0.655. The van der Waals surface area contributed by atoms with Gasteiger partial charge in [0.05, 0.1) is 48.0 Å². The van der Waals surface area contributed by atoms with E-state index in [9.17, 15) is 9.90 Å². The highest BCUT2D eigenvalue weighted by atomic mass is 79.9. The predicted octanol–water partition coefficient (Wildman–Crippen LogP) is 4.26.